The van der Waals surface area contributed by atoms with Gasteiger partial charge in [-0.25, -0.2) is 8.42 Å². The predicted molar refractivity (Wildman–Crippen MR) is 71.2 cm³/mol. The minimum atomic E-state index is -2.95. The normalized spacial score (nSPS) is 12.4. The lowest BCUT2D eigenvalue weighted by Crippen LogP contribution is -2.39. The number of furan rings is 1. The summed E-state index contributed by atoms with van der Waals surface area (Å²) in [4.78, 5) is 3.99. The average Bonchev–Trinajstić information content (AvgIpc) is 2.86. The fourth-order valence-corrected chi connectivity index (χ4v) is 1.98. The summed E-state index contributed by atoms with van der Waals surface area (Å²) < 4.78 is 27.8. The van der Waals surface area contributed by atoms with Crippen molar-refractivity contribution in [2.45, 2.75) is 13.5 Å². The van der Waals surface area contributed by atoms with Gasteiger partial charge in [-0.1, -0.05) is 6.92 Å². The van der Waals surface area contributed by atoms with Gasteiger partial charge in [0.15, 0.2) is 15.8 Å². The van der Waals surface area contributed by atoms with E-state index in [1.54, 1.807) is 26.3 Å². The minimum absolute atomic E-state index is 0.102. The first-order chi connectivity index (χ1) is 8.57. The van der Waals surface area contributed by atoms with Crippen molar-refractivity contribution in [3.05, 3.63) is 24.2 Å². The van der Waals surface area contributed by atoms with E-state index in [-0.39, 0.29) is 11.5 Å². The number of sulfone groups is 1. The summed E-state index contributed by atoms with van der Waals surface area (Å²) in [7, 11) is -1.31. The van der Waals surface area contributed by atoms with Crippen LogP contribution >= 0.6 is 0 Å². The molecule has 0 aliphatic heterocycles. The Kier molecular flexibility index (Phi) is 5.70. The molecule has 18 heavy (non-hydrogen) atoms. The Balaban J connectivity index is 2.31. The van der Waals surface area contributed by atoms with Gasteiger partial charge in [0.2, 0.25) is 0 Å². The predicted octanol–water partition coefficient (Wildman–Crippen LogP) is 0.379. The summed E-state index contributed by atoms with van der Waals surface area (Å²) in [5, 5.41) is 5.97. The van der Waals surface area contributed by atoms with Crippen molar-refractivity contribution >= 4 is 15.8 Å². The Morgan fingerprint density at radius 3 is 2.78 bits per heavy atom. The van der Waals surface area contributed by atoms with Gasteiger partial charge >= 0.3 is 0 Å². The maximum Gasteiger partial charge on any atom is 0.191 e. The lowest BCUT2D eigenvalue weighted by molar-refractivity contribution is 0.501. The van der Waals surface area contributed by atoms with Gasteiger partial charge in [0, 0.05) is 19.3 Å². The minimum Gasteiger partial charge on any atom is -0.467 e. The lowest BCUT2D eigenvalue weighted by atomic mass is 10.4. The van der Waals surface area contributed by atoms with E-state index >= 15 is 0 Å². The zero-order valence-electron chi connectivity index (χ0n) is 10.6. The maximum absolute atomic E-state index is 11.3. The molecule has 0 spiro atoms. The van der Waals surface area contributed by atoms with Crippen LogP contribution in [0.15, 0.2) is 27.8 Å². The van der Waals surface area contributed by atoms with E-state index in [4.69, 9.17) is 4.42 Å². The number of guanidine groups is 1. The van der Waals surface area contributed by atoms with Crippen molar-refractivity contribution < 1.29 is 12.8 Å². The second-order valence-corrected chi connectivity index (χ2v) is 6.14. The van der Waals surface area contributed by atoms with Crippen LogP contribution in [-0.2, 0) is 16.4 Å². The Morgan fingerprint density at radius 1 is 1.44 bits per heavy atom. The molecular weight excluding hydrogens is 254 g/mol. The van der Waals surface area contributed by atoms with Crippen LogP contribution in [0.3, 0.4) is 0 Å². The van der Waals surface area contributed by atoms with Gasteiger partial charge in [0.1, 0.15) is 5.76 Å². The molecule has 0 aromatic carbocycles. The second-order valence-electron chi connectivity index (χ2n) is 3.67. The molecule has 0 radical (unpaired) electrons. The molecule has 2 N–H and O–H groups in total. The van der Waals surface area contributed by atoms with Crippen molar-refractivity contribution in [1.29, 1.82) is 0 Å². The van der Waals surface area contributed by atoms with E-state index in [1.807, 2.05) is 6.07 Å². The molecular formula is C11H19N3O3S. The van der Waals surface area contributed by atoms with Gasteiger partial charge in [-0.3, -0.25) is 4.99 Å². The molecule has 1 rings (SSSR count). The first kappa shape index (κ1) is 14.6. The maximum atomic E-state index is 11.3. The third kappa shape index (κ3) is 5.22. The molecule has 1 aromatic heterocycles. The Hall–Kier alpha value is -1.50. The molecule has 7 heteroatoms. The molecule has 0 atom stereocenters. The van der Waals surface area contributed by atoms with Gasteiger partial charge in [0.25, 0.3) is 0 Å². The van der Waals surface area contributed by atoms with Gasteiger partial charge in [-0.15, -0.1) is 0 Å². The van der Waals surface area contributed by atoms with Crippen LogP contribution in [0.25, 0.3) is 0 Å². The molecule has 6 nitrogen and oxygen atoms in total. The Bertz CT molecular complexity index is 466. The summed E-state index contributed by atoms with van der Waals surface area (Å²) in [5.41, 5.74) is 0. The summed E-state index contributed by atoms with van der Waals surface area (Å²) in [6, 6.07) is 3.66. The number of nitrogens with one attached hydrogen (secondary N) is 2. The second kappa shape index (κ2) is 7.05. The molecule has 0 aliphatic carbocycles. The molecule has 0 bridgehead atoms. The quantitative estimate of drug-likeness (QED) is 0.578. The van der Waals surface area contributed by atoms with E-state index in [2.05, 4.69) is 15.6 Å². The Labute approximate surface area is 107 Å². The molecule has 0 unspecified atom stereocenters. The number of hydrogen-bond acceptors (Lipinski definition) is 4. The molecule has 1 heterocycles. The zero-order chi connectivity index (χ0) is 13.4. The largest absolute Gasteiger partial charge is 0.467 e. The monoisotopic (exact) mass is 273 g/mol. The van der Waals surface area contributed by atoms with Crippen LogP contribution in [0.2, 0.25) is 0 Å². The highest BCUT2D eigenvalue weighted by Crippen LogP contribution is 1.98. The Morgan fingerprint density at radius 2 is 2.22 bits per heavy atom. The number of rotatable bonds is 6. The molecule has 0 fully saturated rings. The van der Waals surface area contributed by atoms with Crippen LogP contribution in [0.5, 0.6) is 0 Å². The fraction of sp³-hybridized carbons (Fsp3) is 0.545. The first-order valence-electron chi connectivity index (χ1n) is 5.74. The van der Waals surface area contributed by atoms with Crippen LogP contribution in [-0.4, -0.2) is 39.5 Å². The van der Waals surface area contributed by atoms with Gasteiger partial charge in [-0.05, 0) is 12.1 Å². The molecule has 1 aromatic rings. The number of nitrogens with zero attached hydrogens (tertiary/aromatic N) is 1. The smallest absolute Gasteiger partial charge is 0.191 e. The van der Waals surface area contributed by atoms with Gasteiger partial charge < -0.3 is 15.1 Å². The highest BCUT2D eigenvalue weighted by atomic mass is 32.2. The third-order valence-corrected chi connectivity index (χ3v) is 4.08. The van der Waals surface area contributed by atoms with E-state index < -0.39 is 9.84 Å². The highest BCUT2D eigenvalue weighted by molar-refractivity contribution is 7.91. The van der Waals surface area contributed by atoms with E-state index in [1.165, 1.54) is 0 Å². The number of hydrogen-bond donors (Lipinski definition) is 2. The van der Waals surface area contributed by atoms with Crippen molar-refractivity contribution in [2.24, 2.45) is 4.99 Å². The summed E-state index contributed by atoms with van der Waals surface area (Å²) in [6.07, 6.45) is 1.60. The first-order valence-corrected chi connectivity index (χ1v) is 7.57. The van der Waals surface area contributed by atoms with E-state index in [0.29, 0.717) is 19.0 Å². The third-order valence-electron chi connectivity index (χ3n) is 2.38. The van der Waals surface area contributed by atoms with Crippen molar-refractivity contribution in [3.8, 4) is 0 Å². The van der Waals surface area contributed by atoms with Gasteiger partial charge in [0.05, 0.1) is 18.6 Å². The zero-order valence-corrected chi connectivity index (χ0v) is 11.5. The van der Waals surface area contributed by atoms with E-state index in [0.717, 1.165) is 5.76 Å². The van der Waals surface area contributed by atoms with Crippen LogP contribution in [0, 0.1) is 0 Å². The summed E-state index contributed by atoms with van der Waals surface area (Å²) in [6.45, 7) is 2.49. The van der Waals surface area contributed by atoms with Crippen molar-refractivity contribution in [3.63, 3.8) is 0 Å². The fourth-order valence-electron chi connectivity index (χ4n) is 1.27. The van der Waals surface area contributed by atoms with Crippen LogP contribution in [0.4, 0.5) is 0 Å². The van der Waals surface area contributed by atoms with Crippen molar-refractivity contribution in [1.82, 2.24) is 10.6 Å². The average molecular weight is 273 g/mol. The molecule has 0 saturated carbocycles. The number of aliphatic imine (C=N–C) groups is 1. The summed E-state index contributed by atoms with van der Waals surface area (Å²) in [5.74, 6) is 1.61. The topological polar surface area (TPSA) is 83.7 Å². The molecule has 0 aliphatic rings. The van der Waals surface area contributed by atoms with Crippen molar-refractivity contribution in [2.75, 3.05) is 25.1 Å². The highest BCUT2D eigenvalue weighted by Gasteiger charge is 2.07. The van der Waals surface area contributed by atoms with E-state index in [9.17, 15) is 8.42 Å². The SMILES string of the molecule is CCS(=O)(=O)CCNC(=NC)NCc1ccco1. The lowest BCUT2D eigenvalue weighted by Gasteiger charge is -2.10. The van der Waals surface area contributed by atoms with Crippen LogP contribution in [0.1, 0.15) is 12.7 Å². The van der Waals surface area contributed by atoms with Crippen LogP contribution < -0.4 is 10.6 Å². The molecule has 0 amide bonds. The molecule has 0 saturated heterocycles. The molecule has 102 valence electrons. The standard InChI is InChI=1S/C11H19N3O3S/c1-3-18(15,16)8-6-13-11(12-2)14-9-10-5-4-7-17-10/h4-5,7H,3,6,8-9H2,1-2H3,(H2,12,13,14). The van der Waals surface area contributed by atoms with Gasteiger partial charge in [-0.2, -0.15) is 0 Å². The summed E-state index contributed by atoms with van der Waals surface area (Å²) >= 11 is 0.